The van der Waals surface area contributed by atoms with Crippen LogP contribution in [0.15, 0.2) is 42.7 Å². The van der Waals surface area contributed by atoms with E-state index in [1.807, 2.05) is 18.2 Å². The van der Waals surface area contributed by atoms with Crippen molar-refractivity contribution in [2.24, 2.45) is 0 Å². The molecular weight excluding hydrogens is 222 g/mol. The van der Waals surface area contributed by atoms with Crippen molar-refractivity contribution in [3.05, 3.63) is 65.0 Å². The van der Waals surface area contributed by atoms with E-state index < -0.39 is 0 Å². The van der Waals surface area contributed by atoms with Crippen LogP contribution in [0.2, 0.25) is 0 Å². The molecule has 2 aromatic rings. The van der Waals surface area contributed by atoms with Gasteiger partial charge in [-0.3, -0.25) is 9.78 Å². The number of ketones is 1. The minimum Gasteiger partial charge on any atom is -0.299 e. The third-order valence-electron chi connectivity index (χ3n) is 3.14. The van der Waals surface area contributed by atoms with Gasteiger partial charge in [-0.25, -0.2) is 0 Å². The van der Waals surface area contributed by atoms with E-state index in [1.54, 1.807) is 12.4 Å². The molecule has 0 fully saturated rings. The first-order chi connectivity index (χ1) is 8.66. The number of Topliss-reactive ketones (excluding diaryl/α,β-unsaturated/α-hetero) is 1. The Hall–Kier alpha value is -1.96. The zero-order chi connectivity index (χ0) is 13.0. The van der Waals surface area contributed by atoms with E-state index in [-0.39, 0.29) is 5.78 Å². The fourth-order valence-electron chi connectivity index (χ4n) is 2.12. The predicted octanol–water partition coefficient (Wildman–Crippen LogP) is 3.05. The van der Waals surface area contributed by atoms with Gasteiger partial charge in [0.25, 0.3) is 0 Å². The Morgan fingerprint density at radius 2 is 1.78 bits per heavy atom. The number of carbonyl (C=O) groups is 1. The molecule has 0 aliphatic heterocycles. The summed E-state index contributed by atoms with van der Waals surface area (Å²) < 4.78 is 0. The van der Waals surface area contributed by atoms with E-state index in [4.69, 9.17) is 0 Å². The van der Waals surface area contributed by atoms with Crippen molar-refractivity contribution in [2.45, 2.75) is 26.7 Å². The topological polar surface area (TPSA) is 30.0 Å². The van der Waals surface area contributed by atoms with Crippen molar-refractivity contribution in [1.29, 1.82) is 0 Å². The van der Waals surface area contributed by atoms with Crippen LogP contribution in [0.1, 0.15) is 22.3 Å². The Bertz CT molecular complexity index is 526. The number of rotatable bonds is 4. The molecule has 92 valence electrons. The number of nitrogens with zero attached hydrogens (tertiary/aromatic N) is 1. The Kier molecular flexibility index (Phi) is 3.88. The van der Waals surface area contributed by atoms with Crippen LogP contribution >= 0.6 is 0 Å². The molecule has 1 aromatic heterocycles. The Morgan fingerprint density at radius 1 is 1.06 bits per heavy atom. The third kappa shape index (κ3) is 3.04. The largest absolute Gasteiger partial charge is 0.299 e. The molecule has 0 unspecified atom stereocenters. The highest BCUT2D eigenvalue weighted by Crippen LogP contribution is 2.15. The summed E-state index contributed by atoms with van der Waals surface area (Å²) in [5, 5.41) is 0. The Labute approximate surface area is 108 Å². The van der Waals surface area contributed by atoms with E-state index in [9.17, 15) is 4.79 Å². The van der Waals surface area contributed by atoms with Gasteiger partial charge >= 0.3 is 0 Å². The quantitative estimate of drug-likeness (QED) is 0.820. The van der Waals surface area contributed by atoms with Gasteiger partial charge in [0, 0.05) is 25.2 Å². The van der Waals surface area contributed by atoms with Crippen LogP contribution in [-0.2, 0) is 17.6 Å². The number of hydrogen-bond acceptors (Lipinski definition) is 2. The molecule has 0 radical (unpaired) electrons. The van der Waals surface area contributed by atoms with Gasteiger partial charge in [-0.15, -0.1) is 0 Å². The summed E-state index contributed by atoms with van der Waals surface area (Å²) in [4.78, 5) is 16.1. The predicted molar refractivity (Wildman–Crippen MR) is 72.6 cm³/mol. The maximum Gasteiger partial charge on any atom is 0.141 e. The summed E-state index contributed by atoms with van der Waals surface area (Å²) in [6, 6.07) is 9.94. The second-order valence-electron chi connectivity index (χ2n) is 4.62. The molecule has 18 heavy (non-hydrogen) atoms. The number of benzene rings is 1. The first kappa shape index (κ1) is 12.5. The molecule has 0 saturated carbocycles. The molecule has 0 atom stereocenters. The van der Waals surface area contributed by atoms with Gasteiger partial charge in [0.05, 0.1) is 0 Å². The zero-order valence-corrected chi connectivity index (χ0v) is 10.8. The van der Waals surface area contributed by atoms with Crippen LogP contribution in [0, 0.1) is 13.8 Å². The molecule has 0 aliphatic carbocycles. The standard InChI is InChI=1S/C16H17NO/c1-12-5-3-6-13(2)16(12)10-15(18)9-14-7-4-8-17-11-14/h3-8,11H,9-10H2,1-2H3. The zero-order valence-electron chi connectivity index (χ0n) is 10.8. The minimum absolute atomic E-state index is 0.236. The Morgan fingerprint density at radius 3 is 2.39 bits per heavy atom. The SMILES string of the molecule is Cc1cccc(C)c1CC(=O)Cc1cccnc1. The Balaban J connectivity index is 2.08. The second-order valence-corrected chi connectivity index (χ2v) is 4.62. The highest BCUT2D eigenvalue weighted by Gasteiger charge is 2.09. The molecular formula is C16H17NO. The summed E-state index contributed by atoms with van der Waals surface area (Å²) in [6.07, 6.45) is 4.44. The minimum atomic E-state index is 0.236. The fraction of sp³-hybridized carbons (Fsp3) is 0.250. The highest BCUT2D eigenvalue weighted by molar-refractivity contribution is 5.83. The van der Waals surface area contributed by atoms with E-state index >= 15 is 0 Å². The molecule has 1 heterocycles. The molecule has 2 heteroatoms. The molecule has 0 spiro atoms. The van der Waals surface area contributed by atoms with Gasteiger partial charge in [-0.05, 0) is 42.2 Å². The van der Waals surface area contributed by atoms with E-state index in [0.29, 0.717) is 12.8 Å². The number of aromatic nitrogens is 1. The molecule has 0 bridgehead atoms. The summed E-state index contributed by atoms with van der Waals surface area (Å²) in [6.45, 7) is 4.11. The van der Waals surface area contributed by atoms with Crippen LogP contribution < -0.4 is 0 Å². The van der Waals surface area contributed by atoms with Crippen molar-refractivity contribution in [3.63, 3.8) is 0 Å². The van der Waals surface area contributed by atoms with Crippen molar-refractivity contribution in [3.8, 4) is 0 Å². The van der Waals surface area contributed by atoms with Gasteiger partial charge in [-0.1, -0.05) is 24.3 Å². The number of aryl methyl sites for hydroxylation is 2. The van der Waals surface area contributed by atoms with E-state index in [0.717, 1.165) is 11.1 Å². The van der Waals surface area contributed by atoms with Gasteiger partial charge in [-0.2, -0.15) is 0 Å². The molecule has 0 amide bonds. The highest BCUT2D eigenvalue weighted by atomic mass is 16.1. The lowest BCUT2D eigenvalue weighted by Crippen LogP contribution is -2.09. The van der Waals surface area contributed by atoms with Crippen LogP contribution in [0.25, 0.3) is 0 Å². The van der Waals surface area contributed by atoms with E-state index in [2.05, 4.69) is 31.0 Å². The first-order valence-electron chi connectivity index (χ1n) is 6.12. The summed E-state index contributed by atoms with van der Waals surface area (Å²) >= 11 is 0. The average Bonchev–Trinajstić information content (AvgIpc) is 2.35. The summed E-state index contributed by atoms with van der Waals surface area (Å²) in [5.74, 6) is 0.236. The third-order valence-corrected chi connectivity index (χ3v) is 3.14. The van der Waals surface area contributed by atoms with Gasteiger partial charge < -0.3 is 0 Å². The fourth-order valence-corrected chi connectivity index (χ4v) is 2.12. The number of carbonyl (C=O) groups excluding carboxylic acids is 1. The van der Waals surface area contributed by atoms with Crippen molar-refractivity contribution in [2.75, 3.05) is 0 Å². The normalized spacial score (nSPS) is 10.3. The maximum atomic E-state index is 12.1. The molecule has 0 saturated heterocycles. The molecule has 0 N–H and O–H groups in total. The van der Waals surface area contributed by atoms with Crippen molar-refractivity contribution >= 4 is 5.78 Å². The van der Waals surface area contributed by atoms with Crippen LogP contribution in [0.5, 0.6) is 0 Å². The van der Waals surface area contributed by atoms with Crippen molar-refractivity contribution in [1.82, 2.24) is 4.98 Å². The lowest BCUT2D eigenvalue weighted by atomic mass is 9.96. The molecule has 2 nitrogen and oxygen atoms in total. The smallest absolute Gasteiger partial charge is 0.141 e. The molecule has 0 aliphatic rings. The first-order valence-corrected chi connectivity index (χ1v) is 6.12. The van der Waals surface area contributed by atoms with Crippen LogP contribution in [0.3, 0.4) is 0 Å². The van der Waals surface area contributed by atoms with Gasteiger partial charge in [0.15, 0.2) is 0 Å². The molecule has 1 aromatic carbocycles. The monoisotopic (exact) mass is 239 g/mol. The van der Waals surface area contributed by atoms with Crippen LogP contribution in [-0.4, -0.2) is 10.8 Å². The lowest BCUT2D eigenvalue weighted by Gasteiger charge is -2.08. The number of pyridine rings is 1. The number of hydrogen-bond donors (Lipinski definition) is 0. The summed E-state index contributed by atoms with van der Waals surface area (Å²) in [5.41, 5.74) is 4.52. The second kappa shape index (κ2) is 5.58. The molecule has 2 rings (SSSR count). The summed E-state index contributed by atoms with van der Waals surface area (Å²) in [7, 11) is 0. The maximum absolute atomic E-state index is 12.1. The van der Waals surface area contributed by atoms with Crippen molar-refractivity contribution < 1.29 is 4.79 Å². The van der Waals surface area contributed by atoms with Gasteiger partial charge in [0.2, 0.25) is 0 Å². The van der Waals surface area contributed by atoms with Gasteiger partial charge in [0.1, 0.15) is 5.78 Å². The van der Waals surface area contributed by atoms with E-state index in [1.165, 1.54) is 11.1 Å². The average molecular weight is 239 g/mol. The van der Waals surface area contributed by atoms with Crippen LogP contribution in [0.4, 0.5) is 0 Å². The lowest BCUT2D eigenvalue weighted by molar-refractivity contribution is -0.117.